The van der Waals surface area contributed by atoms with Crippen molar-refractivity contribution in [2.24, 2.45) is 0 Å². The van der Waals surface area contributed by atoms with Gasteiger partial charge in [-0.15, -0.1) is 11.3 Å². The van der Waals surface area contributed by atoms with Crippen LogP contribution in [0.4, 0.5) is 10.1 Å². The van der Waals surface area contributed by atoms with Gasteiger partial charge in [0.15, 0.2) is 0 Å². The van der Waals surface area contributed by atoms with Gasteiger partial charge >= 0.3 is 0 Å². The van der Waals surface area contributed by atoms with E-state index in [9.17, 15) is 17.6 Å². The van der Waals surface area contributed by atoms with Crippen molar-refractivity contribution < 1.29 is 21.7 Å². The highest BCUT2D eigenvalue weighted by molar-refractivity contribution is 9.11. The molecule has 26 heavy (non-hydrogen) atoms. The van der Waals surface area contributed by atoms with E-state index in [1.807, 2.05) is 0 Å². The van der Waals surface area contributed by atoms with Crippen LogP contribution >= 0.6 is 38.9 Å². The highest BCUT2D eigenvalue weighted by Crippen LogP contribution is 2.32. The summed E-state index contributed by atoms with van der Waals surface area (Å²) in [7, 11) is -4.55. The maximum absolute atomic E-state index is 13.3. The van der Waals surface area contributed by atoms with E-state index in [1.165, 1.54) is 12.3 Å². The van der Waals surface area contributed by atoms with Crippen LogP contribution in [0.2, 0.25) is 5.02 Å². The third-order valence-corrected chi connectivity index (χ3v) is 6.81. The lowest BCUT2D eigenvalue weighted by Gasteiger charge is -2.35. The second-order valence-electron chi connectivity index (χ2n) is 5.34. The minimum absolute atomic E-state index is 0.0939. The van der Waals surface area contributed by atoms with Crippen LogP contribution in [0.1, 0.15) is 21.6 Å². The number of benzene rings is 1. The number of amides is 1. The van der Waals surface area contributed by atoms with Crippen LogP contribution in [-0.4, -0.2) is 36.6 Å². The number of halogens is 3. The molecule has 12 heteroatoms. The van der Waals surface area contributed by atoms with Crippen molar-refractivity contribution in [2.45, 2.75) is 18.5 Å². The van der Waals surface area contributed by atoms with E-state index in [-0.39, 0.29) is 21.4 Å². The molecule has 0 spiro atoms. The Labute approximate surface area is 171 Å². The molecule has 2 N–H and O–H groups in total. The van der Waals surface area contributed by atoms with E-state index in [4.69, 9.17) is 15.7 Å². The summed E-state index contributed by atoms with van der Waals surface area (Å²) in [5.74, 6) is -1.60. The van der Waals surface area contributed by atoms with Crippen LogP contribution in [0, 0.1) is 5.82 Å². The Hall–Kier alpha value is -1.11. The van der Waals surface area contributed by atoms with Crippen molar-refractivity contribution in [1.82, 2.24) is 14.0 Å². The molecule has 3 rings (SSSR count). The summed E-state index contributed by atoms with van der Waals surface area (Å²) in [6, 6.07) is 0.922. The van der Waals surface area contributed by atoms with Gasteiger partial charge in [0.05, 0.1) is 21.0 Å². The summed E-state index contributed by atoms with van der Waals surface area (Å²) in [5, 5.41) is 2.51. The Kier molecular flexibility index (Phi) is 4.58. The summed E-state index contributed by atoms with van der Waals surface area (Å²) >= 11 is 10.1. The summed E-state index contributed by atoms with van der Waals surface area (Å²) in [6.07, 6.45) is 1.29. The quantitative estimate of drug-likeness (QED) is 0.698. The van der Waals surface area contributed by atoms with Gasteiger partial charge in [0.25, 0.3) is 10.2 Å². The topological polar surface area (TPSA) is 91.4 Å². The fraction of sp³-hybridized carbons (Fsp3) is 0.286. The van der Waals surface area contributed by atoms with Crippen molar-refractivity contribution in [1.29, 1.82) is 0 Å². The number of nitrogens with zero attached hydrogens (tertiary/aromatic N) is 2. The maximum Gasteiger partial charge on any atom is 0.280 e. The minimum Gasteiger partial charge on any atom is -0.325 e. The fourth-order valence-corrected chi connectivity index (χ4v) is 5.12. The van der Waals surface area contributed by atoms with Crippen molar-refractivity contribution in [3.05, 3.63) is 44.0 Å². The van der Waals surface area contributed by atoms with Crippen molar-refractivity contribution in [3.8, 4) is 0 Å². The Morgan fingerprint density at radius 1 is 1.62 bits per heavy atom. The van der Waals surface area contributed by atoms with E-state index in [0.717, 1.165) is 23.5 Å². The fourth-order valence-electron chi connectivity index (χ4n) is 2.36. The molecule has 0 unspecified atom stereocenters. The molecule has 1 saturated heterocycles. The number of rotatable bonds is 3. The van der Waals surface area contributed by atoms with Crippen LogP contribution in [0.25, 0.3) is 0 Å². The first-order chi connectivity index (χ1) is 13.4. The molecule has 0 saturated carbocycles. The largest absolute Gasteiger partial charge is 0.325 e. The Morgan fingerprint density at radius 2 is 2.38 bits per heavy atom. The average Bonchev–Trinajstić information content (AvgIpc) is 3.02. The first-order valence-corrected chi connectivity index (χ1v) is 10.5. The third kappa shape index (κ3) is 4.07. The lowest BCUT2D eigenvalue weighted by Crippen LogP contribution is -2.55. The summed E-state index contributed by atoms with van der Waals surface area (Å²) < 4.78 is 64.5. The molecule has 7 nitrogen and oxygen atoms in total. The molecule has 0 radical (unpaired) electrons. The van der Waals surface area contributed by atoms with Gasteiger partial charge < -0.3 is 5.32 Å². The van der Waals surface area contributed by atoms with E-state index in [0.29, 0.717) is 8.79 Å². The zero-order valence-electron chi connectivity index (χ0n) is 15.7. The summed E-state index contributed by atoms with van der Waals surface area (Å²) in [6.45, 7) is -3.11. The van der Waals surface area contributed by atoms with Crippen LogP contribution in [0.15, 0.2) is 28.2 Å². The molecule has 1 fully saturated rings. The normalized spacial score (nSPS) is 25.1. The number of carbonyl (C=O) groups is 1. The first kappa shape index (κ1) is 15.9. The maximum atomic E-state index is 13.3. The molecule has 140 valence electrons. The predicted octanol–water partition coefficient (Wildman–Crippen LogP) is 2.92. The van der Waals surface area contributed by atoms with Crippen LogP contribution < -0.4 is 10.0 Å². The van der Waals surface area contributed by atoms with Gasteiger partial charge in [0, 0.05) is 16.8 Å². The highest BCUT2D eigenvalue weighted by Gasteiger charge is 2.41. The predicted molar refractivity (Wildman–Crippen MR) is 101 cm³/mol. The molecule has 0 bridgehead atoms. The van der Waals surface area contributed by atoms with Gasteiger partial charge in [-0.3, -0.25) is 4.79 Å². The molecule has 1 amide bonds. The van der Waals surface area contributed by atoms with Gasteiger partial charge in [0.2, 0.25) is 5.91 Å². The van der Waals surface area contributed by atoms with Crippen molar-refractivity contribution in [3.63, 3.8) is 0 Å². The van der Waals surface area contributed by atoms with E-state index in [1.54, 1.807) is 0 Å². The number of hydrogen-bond donors (Lipinski definition) is 2. The van der Waals surface area contributed by atoms with Gasteiger partial charge in [-0.1, -0.05) is 11.6 Å². The average molecular weight is 487 g/mol. The van der Waals surface area contributed by atoms with E-state index < -0.39 is 41.0 Å². The standard InChI is InChI=1S/C14H13BrClFN4O3S2/c1-21-11(13(22)19-7-2-3-9(17)8(16)4-7)5-10(20-26(21,23)24)14-18-6-12(15)25-14/h2-4,6,10-11,20H,5H2,1H3,(H,19,22)/t10-,11+/m1/s1/i1D3. The number of likely N-dealkylation sites (N-methyl/N-ethyl adjacent to an activating group) is 1. The van der Waals surface area contributed by atoms with Gasteiger partial charge in [-0.05, 0) is 40.5 Å². The Bertz CT molecular complexity index is 1050. The van der Waals surface area contributed by atoms with Gasteiger partial charge in [0.1, 0.15) is 16.9 Å². The minimum atomic E-state index is -4.55. The SMILES string of the molecule is [2H]C([2H])([2H])N1[C@H](C(=O)Nc2ccc(F)c(Cl)c2)C[C@H](c2ncc(Br)s2)NS1(=O)=O. The molecular formula is C14H13BrClFN4O3S2. The molecular weight excluding hydrogens is 471 g/mol. The molecule has 1 aliphatic heterocycles. The van der Waals surface area contributed by atoms with E-state index >= 15 is 0 Å². The lowest BCUT2D eigenvalue weighted by molar-refractivity contribution is -0.120. The molecule has 2 heterocycles. The Balaban J connectivity index is 1.95. The zero-order valence-corrected chi connectivity index (χ0v) is 16.7. The molecule has 1 aliphatic rings. The number of hydrogen-bond acceptors (Lipinski definition) is 5. The molecule has 0 aliphatic carbocycles. The number of nitrogens with one attached hydrogen (secondary N) is 2. The second-order valence-corrected chi connectivity index (χ2v) is 9.77. The second kappa shape index (κ2) is 7.49. The molecule has 1 aromatic heterocycles. The van der Waals surface area contributed by atoms with Gasteiger partial charge in [-0.25, -0.2) is 9.37 Å². The van der Waals surface area contributed by atoms with Crippen LogP contribution in [0.5, 0.6) is 0 Å². The number of thiazole rings is 1. The molecule has 1 aromatic carbocycles. The molecule has 2 atom stereocenters. The van der Waals surface area contributed by atoms with Crippen LogP contribution in [0.3, 0.4) is 0 Å². The van der Waals surface area contributed by atoms with Crippen molar-refractivity contribution >= 4 is 60.7 Å². The lowest BCUT2D eigenvalue weighted by atomic mass is 10.1. The third-order valence-electron chi connectivity index (χ3n) is 3.58. The summed E-state index contributed by atoms with van der Waals surface area (Å²) in [4.78, 5) is 16.9. The van der Waals surface area contributed by atoms with Gasteiger partial charge in [-0.2, -0.15) is 17.4 Å². The summed E-state index contributed by atoms with van der Waals surface area (Å²) in [5.41, 5.74) is 0.0939. The smallest absolute Gasteiger partial charge is 0.280 e. The highest BCUT2D eigenvalue weighted by atomic mass is 79.9. The van der Waals surface area contributed by atoms with E-state index in [2.05, 4.69) is 31.0 Å². The monoisotopic (exact) mass is 485 g/mol. The van der Waals surface area contributed by atoms with Crippen molar-refractivity contribution in [2.75, 3.05) is 12.3 Å². The van der Waals surface area contributed by atoms with Crippen LogP contribution in [-0.2, 0) is 15.0 Å². The zero-order chi connectivity index (χ0) is 21.6. The first-order valence-electron chi connectivity index (χ1n) is 8.57. The Morgan fingerprint density at radius 3 is 3.00 bits per heavy atom. The number of aromatic nitrogens is 1. The molecule has 2 aromatic rings. The number of carbonyl (C=O) groups excluding carboxylic acids is 1. The number of anilines is 1.